The average molecular weight is 303 g/mol. The lowest BCUT2D eigenvalue weighted by Crippen LogP contribution is -1.92. The second kappa shape index (κ2) is 5.65. The first kappa shape index (κ1) is 12.6. The average Bonchev–Trinajstić information content (AvgIpc) is 2.40. The molecular formula is C15H11BrO2. The van der Waals surface area contributed by atoms with Gasteiger partial charge in [0.15, 0.2) is 5.78 Å². The van der Waals surface area contributed by atoms with Gasteiger partial charge in [-0.1, -0.05) is 46.3 Å². The quantitative estimate of drug-likeness (QED) is 0.686. The SMILES string of the molecule is O=C(C=Cc1cc(Br)ccc1O)c1ccccc1. The highest BCUT2D eigenvalue weighted by Gasteiger charge is 2.02. The zero-order valence-corrected chi connectivity index (χ0v) is 11.1. The van der Waals surface area contributed by atoms with Crippen LogP contribution in [0.15, 0.2) is 59.1 Å². The van der Waals surface area contributed by atoms with E-state index >= 15 is 0 Å². The van der Waals surface area contributed by atoms with Gasteiger partial charge in [0.2, 0.25) is 0 Å². The van der Waals surface area contributed by atoms with Crippen molar-refractivity contribution in [1.82, 2.24) is 0 Å². The Hall–Kier alpha value is -1.87. The first-order valence-corrected chi connectivity index (χ1v) is 6.22. The number of phenols is 1. The van der Waals surface area contributed by atoms with Crippen molar-refractivity contribution in [2.45, 2.75) is 0 Å². The normalized spacial score (nSPS) is 10.7. The summed E-state index contributed by atoms with van der Waals surface area (Å²) in [5.74, 6) is 0.0605. The van der Waals surface area contributed by atoms with E-state index in [-0.39, 0.29) is 11.5 Å². The standard InChI is InChI=1S/C15H11BrO2/c16-13-7-9-15(18)12(10-13)6-8-14(17)11-4-2-1-3-5-11/h1-10,18H. The van der Waals surface area contributed by atoms with Gasteiger partial charge < -0.3 is 5.11 Å². The summed E-state index contributed by atoms with van der Waals surface area (Å²) >= 11 is 3.32. The summed E-state index contributed by atoms with van der Waals surface area (Å²) in [4.78, 5) is 11.8. The van der Waals surface area contributed by atoms with Crippen LogP contribution in [-0.2, 0) is 0 Å². The molecule has 2 aromatic carbocycles. The molecule has 0 heterocycles. The number of allylic oxidation sites excluding steroid dienone is 1. The van der Waals surface area contributed by atoms with Gasteiger partial charge in [-0.2, -0.15) is 0 Å². The van der Waals surface area contributed by atoms with Crippen LogP contribution in [0.4, 0.5) is 0 Å². The maximum atomic E-state index is 11.8. The molecule has 0 bridgehead atoms. The molecule has 18 heavy (non-hydrogen) atoms. The maximum Gasteiger partial charge on any atom is 0.185 e. The first-order chi connectivity index (χ1) is 8.66. The molecule has 0 radical (unpaired) electrons. The number of hydrogen-bond donors (Lipinski definition) is 1. The Morgan fingerprint density at radius 3 is 2.56 bits per heavy atom. The van der Waals surface area contributed by atoms with Crippen molar-refractivity contribution in [1.29, 1.82) is 0 Å². The zero-order chi connectivity index (χ0) is 13.0. The fourth-order valence-electron chi connectivity index (χ4n) is 1.52. The van der Waals surface area contributed by atoms with Crippen molar-refractivity contribution >= 4 is 27.8 Å². The highest BCUT2D eigenvalue weighted by atomic mass is 79.9. The molecule has 1 N–H and O–H groups in total. The van der Waals surface area contributed by atoms with Gasteiger partial charge in [0, 0.05) is 15.6 Å². The van der Waals surface area contributed by atoms with E-state index in [0.717, 1.165) is 4.47 Å². The molecule has 0 fully saturated rings. The third kappa shape index (κ3) is 3.08. The number of hydrogen-bond acceptors (Lipinski definition) is 2. The monoisotopic (exact) mass is 302 g/mol. The molecule has 0 aliphatic heterocycles. The lowest BCUT2D eigenvalue weighted by atomic mass is 10.1. The van der Waals surface area contributed by atoms with Gasteiger partial charge in [0.1, 0.15) is 5.75 Å². The maximum absolute atomic E-state index is 11.8. The van der Waals surface area contributed by atoms with Crippen molar-refractivity contribution in [3.8, 4) is 5.75 Å². The van der Waals surface area contributed by atoms with Crippen LogP contribution in [-0.4, -0.2) is 10.9 Å². The van der Waals surface area contributed by atoms with E-state index in [1.165, 1.54) is 6.08 Å². The van der Waals surface area contributed by atoms with Crippen molar-refractivity contribution in [2.75, 3.05) is 0 Å². The lowest BCUT2D eigenvalue weighted by Gasteiger charge is -1.99. The Morgan fingerprint density at radius 1 is 1.11 bits per heavy atom. The van der Waals surface area contributed by atoms with Crippen LogP contribution in [0.25, 0.3) is 6.08 Å². The van der Waals surface area contributed by atoms with Crippen LogP contribution in [0.3, 0.4) is 0 Å². The Labute approximate surface area is 114 Å². The van der Waals surface area contributed by atoms with Crippen LogP contribution in [0.1, 0.15) is 15.9 Å². The van der Waals surface area contributed by atoms with Gasteiger partial charge in [-0.15, -0.1) is 0 Å². The largest absolute Gasteiger partial charge is 0.507 e. The third-order valence-corrected chi connectivity index (χ3v) is 2.96. The van der Waals surface area contributed by atoms with Crippen molar-refractivity contribution < 1.29 is 9.90 Å². The summed E-state index contributed by atoms with van der Waals surface area (Å²) in [6, 6.07) is 14.1. The minimum absolute atomic E-state index is 0.0880. The van der Waals surface area contributed by atoms with Crippen LogP contribution in [0, 0.1) is 0 Å². The molecule has 0 aliphatic carbocycles. The second-order valence-electron chi connectivity index (χ2n) is 3.77. The van der Waals surface area contributed by atoms with E-state index in [1.54, 1.807) is 36.4 Å². The number of ketones is 1. The van der Waals surface area contributed by atoms with E-state index in [4.69, 9.17) is 0 Å². The van der Waals surface area contributed by atoms with Crippen molar-refractivity contribution in [2.24, 2.45) is 0 Å². The molecule has 2 nitrogen and oxygen atoms in total. The lowest BCUT2D eigenvalue weighted by molar-refractivity contribution is 0.104. The Kier molecular flexibility index (Phi) is 3.95. The number of aromatic hydroxyl groups is 1. The summed E-state index contributed by atoms with van der Waals surface area (Å²) in [7, 11) is 0. The third-order valence-electron chi connectivity index (χ3n) is 2.46. The number of rotatable bonds is 3. The highest BCUT2D eigenvalue weighted by molar-refractivity contribution is 9.10. The minimum Gasteiger partial charge on any atom is -0.507 e. The van der Waals surface area contributed by atoms with E-state index < -0.39 is 0 Å². The van der Waals surface area contributed by atoms with Gasteiger partial charge >= 0.3 is 0 Å². The minimum atomic E-state index is -0.0880. The molecule has 3 heteroatoms. The van der Waals surface area contributed by atoms with Gasteiger partial charge in [0.05, 0.1) is 0 Å². The number of carbonyl (C=O) groups excluding carboxylic acids is 1. The van der Waals surface area contributed by atoms with Gasteiger partial charge in [0.25, 0.3) is 0 Å². The van der Waals surface area contributed by atoms with E-state index in [2.05, 4.69) is 15.9 Å². The summed E-state index contributed by atoms with van der Waals surface area (Å²) < 4.78 is 0.854. The molecule has 0 aliphatic rings. The van der Waals surface area contributed by atoms with E-state index in [9.17, 15) is 9.90 Å². The molecule has 0 aromatic heterocycles. The molecule has 2 aromatic rings. The fourth-order valence-corrected chi connectivity index (χ4v) is 1.90. The molecule has 2 rings (SSSR count). The highest BCUT2D eigenvalue weighted by Crippen LogP contribution is 2.23. The number of carbonyl (C=O) groups is 1. The van der Waals surface area contributed by atoms with E-state index in [1.807, 2.05) is 18.2 Å². The summed E-state index contributed by atoms with van der Waals surface area (Å²) in [6.07, 6.45) is 3.06. The van der Waals surface area contributed by atoms with Gasteiger partial charge in [-0.25, -0.2) is 0 Å². The number of halogens is 1. The number of phenolic OH excluding ortho intramolecular Hbond substituents is 1. The van der Waals surface area contributed by atoms with Crippen LogP contribution in [0.5, 0.6) is 5.75 Å². The molecule has 0 unspecified atom stereocenters. The van der Waals surface area contributed by atoms with Crippen LogP contribution in [0.2, 0.25) is 0 Å². The second-order valence-corrected chi connectivity index (χ2v) is 4.68. The molecule has 0 saturated carbocycles. The van der Waals surface area contributed by atoms with Gasteiger partial charge in [-0.05, 0) is 30.4 Å². The molecule has 0 atom stereocenters. The van der Waals surface area contributed by atoms with Crippen molar-refractivity contribution in [3.63, 3.8) is 0 Å². The first-order valence-electron chi connectivity index (χ1n) is 5.43. The zero-order valence-electron chi connectivity index (χ0n) is 9.51. The predicted molar refractivity (Wildman–Crippen MR) is 75.6 cm³/mol. The van der Waals surface area contributed by atoms with Crippen LogP contribution < -0.4 is 0 Å². The van der Waals surface area contributed by atoms with Crippen molar-refractivity contribution in [3.05, 3.63) is 70.2 Å². The fraction of sp³-hybridized carbons (Fsp3) is 0. The molecule has 0 spiro atoms. The topological polar surface area (TPSA) is 37.3 Å². The molecule has 90 valence electrons. The predicted octanol–water partition coefficient (Wildman–Crippen LogP) is 4.05. The Morgan fingerprint density at radius 2 is 1.83 bits per heavy atom. The summed E-state index contributed by atoms with van der Waals surface area (Å²) in [5, 5.41) is 9.64. The molecular weight excluding hydrogens is 292 g/mol. The van der Waals surface area contributed by atoms with E-state index in [0.29, 0.717) is 11.1 Å². The molecule has 0 amide bonds. The molecule has 0 saturated heterocycles. The van der Waals surface area contributed by atoms with Crippen LogP contribution >= 0.6 is 15.9 Å². The number of benzene rings is 2. The summed E-state index contributed by atoms with van der Waals surface area (Å²) in [6.45, 7) is 0. The Bertz CT molecular complexity index is 589. The Balaban J connectivity index is 2.21. The summed E-state index contributed by atoms with van der Waals surface area (Å²) in [5.41, 5.74) is 1.23. The van der Waals surface area contributed by atoms with Gasteiger partial charge in [-0.3, -0.25) is 4.79 Å². The smallest absolute Gasteiger partial charge is 0.185 e.